The zero-order chi connectivity index (χ0) is 17.4. The fourth-order valence-corrected chi connectivity index (χ4v) is 2.84. The summed E-state index contributed by atoms with van der Waals surface area (Å²) in [6, 6.07) is 0. The van der Waals surface area contributed by atoms with Gasteiger partial charge in [0.1, 0.15) is 6.10 Å². The molecule has 1 heterocycles. The van der Waals surface area contributed by atoms with Crippen molar-refractivity contribution in [2.24, 2.45) is 5.92 Å². The molecule has 1 amide bonds. The van der Waals surface area contributed by atoms with Gasteiger partial charge < -0.3 is 20.3 Å². The minimum atomic E-state index is -0.528. The molecule has 4 atom stereocenters. The Morgan fingerprint density at radius 1 is 1.22 bits per heavy atom. The van der Waals surface area contributed by atoms with E-state index in [4.69, 9.17) is 9.84 Å². The van der Waals surface area contributed by atoms with Crippen molar-refractivity contribution in [1.82, 2.24) is 5.32 Å². The Morgan fingerprint density at radius 3 is 2.48 bits per heavy atom. The fourth-order valence-electron chi connectivity index (χ4n) is 2.84. The van der Waals surface area contributed by atoms with Crippen LogP contribution in [0.1, 0.15) is 47.0 Å². The number of aliphatic hydroxyl groups excluding tert-OH is 2. The summed E-state index contributed by atoms with van der Waals surface area (Å²) in [6.45, 7) is 7.99. The summed E-state index contributed by atoms with van der Waals surface area (Å²) >= 11 is 0. The van der Waals surface area contributed by atoms with Gasteiger partial charge in [-0.15, -0.1) is 0 Å². The van der Waals surface area contributed by atoms with E-state index in [0.29, 0.717) is 18.9 Å². The predicted octanol–water partition coefficient (Wildman–Crippen LogP) is 1.94. The van der Waals surface area contributed by atoms with E-state index < -0.39 is 6.10 Å². The minimum absolute atomic E-state index is 0.0580. The number of carbonyl (C=O) groups is 1. The maximum atomic E-state index is 11.0. The molecule has 0 bridgehead atoms. The summed E-state index contributed by atoms with van der Waals surface area (Å²) in [6.07, 6.45) is 5.65. The van der Waals surface area contributed by atoms with E-state index >= 15 is 0 Å². The van der Waals surface area contributed by atoms with Crippen LogP contribution in [0.4, 0.5) is 0 Å². The van der Waals surface area contributed by atoms with Crippen LogP contribution in [0.15, 0.2) is 23.3 Å². The molecule has 0 unspecified atom stereocenters. The lowest BCUT2D eigenvalue weighted by atomic mass is 9.88. The van der Waals surface area contributed by atoms with Gasteiger partial charge in [0.25, 0.3) is 0 Å². The molecule has 0 aromatic carbocycles. The van der Waals surface area contributed by atoms with Crippen LogP contribution in [-0.4, -0.2) is 47.6 Å². The Labute approximate surface area is 139 Å². The molecule has 1 aliphatic heterocycles. The molecule has 5 heteroatoms. The zero-order valence-electron chi connectivity index (χ0n) is 14.7. The van der Waals surface area contributed by atoms with E-state index in [9.17, 15) is 9.90 Å². The van der Waals surface area contributed by atoms with E-state index in [-0.39, 0.29) is 24.7 Å². The topological polar surface area (TPSA) is 78.8 Å². The van der Waals surface area contributed by atoms with Crippen molar-refractivity contribution in [1.29, 1.82) is 0 Å². The molecule has 132 valence electrons. The second-order valence-corrected chi connectivity index (χ2v) is 6.46. The summed E-state index contributed by atoms with van der Waals surface area (Å²) < 4.78 is 6.00. The lowest BCUT2D eigenvalue weighted by molar-refractivity contribution is -0.144. The number of carbonyl (C=O) groups excluding carboxylic acids is 1. The van der Waals surface area contributed by atoms with Crippen molar-refractivity contribution in [3.63, 3.8) is 0 Å². The monoisotopic (exact) mass is 325 g/mol. The average molecular weight is 325 g/mol. The summed E-state index contributed by atoms with van der Waals surface area (Å²) in [5, 5.41) is 21.7. The molecule has 1 fully saturated rings. The summed E-state index contributed by atoms with van der Waals surface area (Å²) in [5.41, 5.74) is 2.25. The first kappa shape index (κ1) is 19.9. The third-order valence-corrected chi connectivity index (χ3v) is 4.50. The van der Waals surface area contributed by atoms with Crippen LogP contribution in [0.3, 0.4) is 0 Å². The smallest absolute Gasteiger partial charge is 0.216 e. The maximum Gasteiger partial charge on any atom is 0.216 e. The van der Waals surface area contributed by atoms with E-state index in [1.54, 1.807) is 6.08 Å². The van der Waals surface area contributed by atoms with Crippen molar-refractivity contribution >= 4 is 5.91 Å². The van der Waals surface area contributed by atoms with Gasteiger partial charge in [0.2, 0.25) is 5.91 Å². The quantitative estimate of drug-likeness (QED) is 0.625. The minimum Gasteiger partial charge on any atom is -0.392 e. The molecule has 0 spiro atoms. The van der Waals surface area contributed by atoms with Crippen molar-refractivity contribution in [3.05, 3.63) is 23.3 Å². The van der Waals surface area contributed by atoms with Gasteiger partial charge in [-0.2, -0.15) is 0 Å². The van der Waals surface area contributed by atoms with Gasteiger partial charge in [0.05, 0.1) is 18.8 Å². The second-order valence-electron chi connectivity index (χ2n) is 6.46. The molecule has 3 N–H and O–H groups in total. The van der Waals surface area contributed by atoms with Gasteiger partial charge in [-0.3, -0.25) is 4.79 Å². The first-order valence-electron chi connectivity index (χ1n) is 8.37. The Hall–Kier alpha value is -1.17. The first-order valence-corrected chi connectivity index (χ1v) is 8.37. The molecular weight excluding hydrogens is 294 g/mol. The SMILES string of the molecule is CC(=O)NC[C@@H]1O[C@H](CC/C=C(C)/C(C)=C/CO)[C@H](C)C[C@H]1O. The van der Waals surface area contributed by atoms with E-state index in [1.165, 1.54) is 6.92 Å². The lowest BCUT2D eigenvalue weighted by Crippen LogP contribution is -2.48. The zero-order valence-corrected chi connectivity index (χ0v) is 14.7. The number of rotatable bonds is 7. The summed E-state index contributed by atoms with van der Waals surface area (Å²) in [4.78, 5) is 11.0. The highest BCUT2D eigenvalue weighted by atomic mass is 16.5. The van der Waals surface area contributed by atoms with Gasteiger partial charge >= 0.3 is 0 Å². The Kier molecular flexibility index (Phi) is 8.52. The highest BCUT2D eigenvalue weighted by molar-refractivity contribution is 5.72. The van der Waals surface area contributed by atoms with E-state index in [0.717, 1.165) is 24.0 Å². The Morgan fingerprint density at radius 2 is 1.87 bits per heavy atom. The molecule has 5 nitrogen and oxygen atoms in total. The van der Waals surface area contributed by atoms with Crippen LogP contribution in [0.2, 0.25) is 0 Å². The number of aliphatic hydroxyl groups is 2. The number of allylic oxidation sites excluding steroid dienone is 3. The van der Waals surface area contributed by atoms with E-state index in [2.05, 4.69) is 18.3 Å². The Balaban J connectivity index is 2.53. The summed E-state index contributed by atoms with van der Waals surface area (Å²) in [5.74, 6) is 0.182. The molecule has 0 saturated carbocycles. The highest BCUT2D eigenvalue weighted by Crippen LogP contribution is 2.28. The third-order valence-electron chi connectivity index (χ3n) is 4.50. The molecule has 1 aliphatic rings. The van der Waals surface area contributed by atoms with Gasteiger partial charge in [-0.05, 0) is 39.0 Å². The normalized spacial score (nSPS) is 29.5. The number of ether oxygens (including phenoxy) is 1. The van der Waals surface area contributed by atoms with Gasteiger partial charge in [0.15, 0.2) is 0 Å². The van der Waals surface area contributed by atoms with Crippen molar-refractivity contribution < 1.29 is 19.7 Å². The molecule has 0 aromatic rings. The van der Waals surface area contributed by atoms with Crippen molar-refractivity contribution in [2.45, 2.75) is 65.3 Å². The number of hydrogen-bond donors (Lipinski definition) is 3. The second kappa shape index (κ2) is 9.85. The van der Waals surface area contributed by atoms with Crippen LogP contribution < -0.4 is 5.32 Å². The van der Waals surface area contributed by atoms with Gasteiger partial charge in [-0.1, -0.05) is 30.2 Å². The molecule has 1 saturated heterocycles. The summed E-state index contributed by atoms with van der Waals surface area (Å²) in [7, 11) is 0. The molecular formula is C18H31NO4. The first-order chi connectivity index (χ1) is 10.8. The fraction of sp³-hybridized carbons (Fsp3) is 0.722. The predicted molar refractivity (Wildman–Crippen MR) is 91.0 cm³/mol. The standard InChI is InChI=1S/C18H31NO4/c1-12(13(2)8-9-20)6-5-7-17-14(3)10-16(22)18(23-17)11-19-15(4)21/h6,8,14,16-18,20,22H,5,7,9-11H2,1-4H3,(H,19,21)/b12-6+,13-8+/t14-,16-,17-,18+/m1/s1. The van der Waals surface area contributed by atoms with Gasteiger partial charge in [-0.25, -0.2) is 0 Å². The van der Waals surface area contributed by atoms with Crippen molar-refractivity contribution in [2.75, 3.05) is 13.2 Å². The molecule has 0 aromatic heterocycles. The lowest BCUT2D eigenvalue weighted by Gasteiger charge is -2.38. The van der Waals surface area contributed by atoms with Crippen LogP contribution in [0.25, 0.3) is 0 Å². The van der Waals surface area contributed by atoms with Crippen LogP contribution >= 0.6 is 0 Å². The number of nitrogens with one attached hydrogen (secondary N) is 1. The molecule has 23 heavy (non-hydrogen) atoms. The van der Waals surface area contributed by atoms with Crippen molar-refractivity contribution in [3.8, 4) is 0 Å². The van der Waals surface area contributed by atoms with Gasteiger partial charge in [0, 0.05) is 13.5 Å². The number of hydrogen-bond acceptors (Lipinski definition) is 4. The number of amides is 1. The van der Waals surface area contributed by atoms with Crippen LogP contribution in [0.5, 0.6) is 0 Å². The molecule has 0 radical (unpaired) electrons. The van der Waals surface area contributed by atoms with Crippen LogP contribution in [0, 0.1) is 5.92 Å². The van der Waals surface area contributed by atoms with Crippen LogP contribution in [-0.2, 0) is 9.53 Å². The maximum absolute atomic E-state index is 11.0. The highest BCUT2D eigenvalue weighted by Gasteiger charge is 2.34. The molecule has 0 aliphatic carbocycles. The third kappa shape index (κ3) is 6.85. The average Bonchev–Trinajstić information content (AvgIpc) is 2.48. The Bertz CT molecular complexity index is 444. The molecule has 1 rings (SSSR count). The van der Waals surface area contributed by atoms with E-state index in [1.807, 2.05) is 13.8 Å². The largest absolute Gasteiger partial charge is 0.392 e.